The van der Waals surface area contributed by atoms with Crippen LogP contribution in [0, 0.1) is 0 Å². The predicted octanol–water partition coefficient (Wildman–Crippen LogP) is 1.71. The summed E-state index contributed by atoms with van der Waals surface area (Å²) in [6.45, 7) is 0. The number of hydrogen-bond acceptors (Lipinski definition) is 8. The van der Waals surface area contributed by atoms with Crippen molar-refractivity contribution in [1.82, 2.24) is 9.55 Å². The van der Waals surface area contributed by atoms with Crippen LogP contribution < -0.4 is 30.8 Å². The van der Waals surface area contributed by atoms with E-state index in [1.165, 1.54) is 7.11 Å². The van der Waals surface area contributed by atoms with Crippen molar-refractivity contribution < 1.29 is 14.2 Å². The number of nitrogens with zero attached hydrogens (tertiary/aromatic N) is 3. The Morgan fingerprint density at radius 1 is 1.07 bits per heavy atom. The van der Waals surface area contributed by atoms with Crippen LogP contribution in [0.1, 0.15) is 11.7 Å². The lowest BCUT2D eigenvalue weighted by Gasteiger charge is -2.28. The van der Waals surface area contributed by atoms with Crippen molar-refractivity contribution in [2.75, 3.05) is 26.6 Å². The maximum absolute atomic E-state index is 12.4. The number of nitrogens with two attached hydrogens (primary N) is 1. The van der Waals surface area contributed by atoms with Crippen LogP contribution in [-0.2, 0) is 0 Å². The van der Waals surface area contributed by atoms with E-state index in [4.69, 9.17) is 19.9 Å². The fraction of sp³-hybridized carbons (Fsp3) is 0.211. The average Bonchev–Trinajstić information content (AvgIpc) is 2.71. The highest BCUT2D eigenvalue weighted by Gasteiger charge is 2.27. The lowest BCUT2D eigenvalue weighted by atomic mass is 10.1. The second-order valence-electron chi connectivity index (χ2n) is 6.10. The molecule has 0 aliphatic carbocycles. The van der Waals surface area contributed by atoms with Gasteiger partial charge in [-0.2, -0.15) is 4.98 Å². The largest absolute Gasteiger partial charge is 0.493 e. The minimum absolute atomic E-state index is 0.154. The van der Waals surface area contributed by atoms with Gasteiger partial charge in [0.15, 0.2) is 23.6 Å². The number of fused-ring (bicyclic) bond motifs is 3. The molecule has 4 rings (SSSR count). The van der Waals surface area contributed by atoms with E-state index in [1.807, 2.05) is 16.7 Å². The first-order valence-corrected chi connectivity index (χ1v) is 8.49. The van der Waals surface area contributed by atoms with E-state index >= 15 is 0 Å². The maximum atomic E-state index is 12.4. The SMILES string of the molecule is COc1cc([C@H]2N=C(N)Nc3nc(=O)c4ccccc4n32)cc(OC)c1OC. The van der Waals surface area contributed by atoms with E-state index in [9.17, 15) is 4.79 Å². The Morgan fingerprint density at radius 2 is 1.75 bits per heavy atom. The number of para-hydroxylation sites is 1. The minimum Gasteiger partial charge on any atom is -0.493 e. The molecule has 0 radical (unpaired) electrons. The molecule has 1 atom stereocenters. The molecule has 144 valence electrons. The van der Waals surface area contributed by atoms with E-state index in [1.54, 1.807) is 38.5 Å². The zero-order chi connectivity index (χ0) is 19.8. The molecule has 0 unspecified atom stereocenters. The first kappa shape index (κ1) is 17.7. The quantitative estimate of drug-likeness (QED) is 0.707. The van der Waals surface area contributed by atoms with Crippen molar-refractivity contribution in [2.45, 2.75) is 6.17 Å². The molecule has 0 amide bonds. The molecular formula is C19H19N5O4. The van der Waals surface area contributed by atoms with Gasteiger partial charge in [-0.25, -0.2) is 4.99 Å². The summed E-state index contributed by atoms with van der Waals surface area (Å²) in [6.07, 6.45) is -0.581. The minimum atomic E-state index is -0.581. The topological polar surface area (TPSA) is 113 Å². The average molecular weight is 381 g/mol. The Balaban J connectivity index is 2.01. The molecule has 2 aromatic carbocycles. The summed E-state index contributed by atoms with van der Waals surface area (Å²) in [5, 5.41) is 3.35. The van der Waals surface area contributed by atoms with Gasteiger partial charge in [-0.15, -0.1) is 0 Å². The van der Waals surface area contributed by atoms with Gasteiger partial charge >= 0.3 is 0 Å². The zero-order valence-corrected chi connectivity index (χ0v) is 15.6. The monoisotopic (exact) mass is 381 g/mol. The van der Waals surface area contributed by atoms with E-state index in [2.05, 4.69) is 15.3 Å². The molecule has 0 saturated carbocycles. The van der Waals surface area contributed by atoms with Crippen LogP contribution in [0.25, 0.3) is 10.9 Å². The van der Waals surface area contributed by atoms with E-state index < -0.39 is 6.17 Å². The molecule has 9 nitrogen and oxygen atoms in total. The van der Waals surface area contributed by atoms with Crippen LogP contribution in [0.5, 0.6) is 17.2 Å². The third-order valence-electron chi connectivity index (χ3n) is 4.56. The third-order valence-corrected chi connectivity index (χ3v) is 4.56. The zero-order valence-electron chi connectivity index (χ0n) is 15.6. The fourth-order valence-electron chi connectivity index (χ4n) is 3.34. The number of methoxy groups -OCH3 is 3. The van der Waals surface area contributed by atoms with Gasteiger partial charge in [0.05, 0.1) is 32.2 Å². The van der Waals surface area contributed by atoms with Crippen molar-refractivity contribution in [1.29, 1.82) is 0 Å². The Morgan fingerprint density at radius 3 is 2.39 bits per heavy atom. The Bertz CT molecular complexity index is 1130. The Hall–Kier alpha value is -3.75. The Kier molecular flexibility index (Phi) is 4.26. The van der Waals surface area contributed by atoms with Crippen molar-refractivity contribution in [3.63, 3.8) is 0 Å². The molecule has 0 spiro atoms. The predicted molar refractivity (Wildman–Crippen MR) is 105 cm³/mol. The molecule has 3 aromatic rings. The number of aliphatic imine (C=N–C) groups is 1. The number of ether oxygens (including phenoxy) is 3. The second kappa shape index (κ2) is 6.76. The van der Waals surface area contributed by atoms with Crippen LogP contribution in [0.3, 0.4) is 0 Å². The highest BCUT2D eigenvalue weighted by molar-refractivity contribution is 5.93. The molecule has 1 aliphatic heterocycles. The molecule has 28 heavy (non-hydrogen) atoms. The molecule has 2 heterocycles. The van der Waals surface area contributed by atoms with E-state index in [0.29, 0.717) is 34.1 Å². The van der Waals surface area contributed by atoms with Crippen molar-refractivity contribution in [2.24, 2.45) is 10.7 Å². The summed E-state index contributed by atoms with van der Waals surface area (Å²) >= 11 is 0. The number of benzene rings is 2. The Labute approximate surface area is 160 Å². The van der Waals surface area contributed by atoms with Gasteiger partial charge in [-0.3, -0.25) is 14.7 Å². The van der Waals surface area contributed by atoms with Gasteiger partial charge in [0, 0.05) is 5.56 Å². The molecule has 9 heteroatoms. The lowest BCUT2D eigenvalue weighted by Crippen LogP contribution is -2.34. The number of nitrogens with one attached hydrogen (secondary N) is 1. The summed E-state index contributed by atoms with van der Waals surface area (Å²) in [5.41, 5.74) is 7.04. The number of aromatic nitrogens is 2. The van der Waals surface area contributed by atoms with E-state index in [-0.39, 0.29) is 11.5 Å². The molecule has 0 saturated heterocycles. The third kappa shape index (κ3) is 2.68. The molecular weight excluding hydrogens is 362 g/mol. The fourth-order valence-corrected chi connectivity index (χ4v) is 3.34. The van der Waals surface area contributed by atoms with Crippen molar-refractivity contribution >= 4 is 22.8 Å². The summed E-state index contributed by atoms with van der Waals surface area (Å²) in [7, 11) is 4.63. The number of guanidine groups is 1. The summed E-state index contributed by atoms with van der Waals surface area (Å²) in [6, 6.07) is 10.8. The van der Waals surface area contributed by atoms with Gasteiger partial charge in [0.25, 0.3) is 5.56 Å². The van der Waals surface area contributed by atoms with Crippen LogP contribution in [0.2, 0.25) is 0 Å². The highest BCUT2D eigenvalue weighted by atomic mass is 16.5. The molecule has 3 N–H and O–H groups in total. The van der Waals surface area contributed by atoms with Crippen LogP contribution in [0.15, 0.2) is 46.2 Å². The number of rotatable bonds is 4. The van der Waals surface area contributed by atoms with Crippen LogP contribution >= 0.6 is 0 Å². The van der Waals surface area contributed by atoms with Crippen LogP contribution in [0.4, 0.5) is 5.95 Å². The summed E-state index contributed by atoms with van der Waals surface area (Å²) in [4.78, 5) is 21.1. The maximum Gasteiger partial charge on any atom is 0.282 e. The molecule has 0 bridgehead atoms. The number of hydrogen-bond donors (Lipinski definition) is 2. The number of anilines is 1. The second-order valence-corrected chi connectivity index (χ2v) is 6.10. The first-order chi connectivity index (χ1) is 13.6. The molecule has 0 fully saturated rings. The van der Waals surface area contributed by atoms with Crippen LogP contribution in [-0.4, -0.2) is 36.8 Å². The van der Waals surface area contributed by atoms with E-state index in [0.717, 1.165) is 5.56 Å². The summed E-state index contributed by atoms with van der Waals surface area (Å²) in [5.74, 6) is 1.92. The van der Waals surface area contributed by atoms with Gasteiger partial charge < -0.3 is 19.9 Å². The highest BCUT2D eigenvalue weighted by Crippen LogP contribution is 2.41. The van der Waals surface area contributed by atoms with Crippen molar-refractivity contribution in [3.8, 4) is 17.2 Å². The molecule has 1 aliphatic rings. The lowest BCUT2D eigenvalue weighted by molar-refractivity contribution is 0.323. The normalized spacial score (nSPS) is 15.4. The van der Waals surface area contributed by atoms with Gasteiger partial charge in [-0.1, -0.05) is 12.1 Å². The smallest absolute Gasteiger partial charge is 0.282 e. The van der Waals surface area contributed by atoms with Gasteiger partial charge in [0.1, 0.15) is 0 Å². The summed E-state index contributed by atoms with van der Waals surface area (Å²) < 4.78 is 18.1. The van der Waals surface area contributed by atoms with Gasteiger partial charge in [-0.05, 0) is 24.3 Å². The standard InChI is InChI=1S/C19H19N5O4/c1-26-13-8-10(9-14(27-2)15(13)28-3)16-21-18(20)23-19-22-17(25)11-6-4-5-7-12(11)24(16)19/h4-9,16H,1-3H3,(H3,20,21,22,23,25)/t16-/m0/s1. The molecule has 1 aromatic heterocycles. The van der Waals surface area contributed by atoms with Crippen molar-refractivity contribution in [3.05, 3.63) is 52.3 Å². The first-order valence-electron chi connectivity index (χ1n) is 8.49. The van der Waals surface area contributed by atoms with Gasteiger partial charge in [0.2, 0.25) is 11.7 Å².